The predicted octanol–water partition coefficient (Wildman–Crippen LogP) is 9.03. The van der Waals surface area contributed by atoms with E-state index in [4.69, 9.17) is 0 Å². The van der Waals surface area contributed by atoms with Gasteiger partial charge in [-0.15, -0.1) is 0 Å². The number of hydrogen-bond acceptors (Lipinski definition) is 0. The molecule has 0 N–H and O–H groups in total. The summed E-state index contributed by atoms with van der Waals surface area (Å²) >= 11 is -2.46. The standard InChI is InChI=1S/3C9H13.Ce/c3*1-2-3-6-9-7-4-5-8-9;/h3*4-5,7-8H,2-3,6H2,1H3;. The fraction of sp³-hybridized carbons (Fsp3) is 0.556. The van der Waals surface area contributed by atoms with Gasteiger partial charge in [-0.25, -0.2) is 0 Å². The van der Waals surface area contributed by atoms with Crippen molar-refractivity contribution in [2.45, 2.75) is 81.4 Å². The molecule has 28 heavy (non-hydrogen) atoms. The van der Waals surface area contributed by atoms with E-state index in [0.717, 1.165) is 0 Å². The molecule has 0 fully saturated rings. The molecule has 0 heterocycles. The van der Waals surface area contributed by atoms with Gasteiger partial charge in [0.15, 0.2) is 0 Å². The number of allylic oxidation sites excluding steroid dienone is 12. The number of hydrogen-bond donors (Lipinski definition) is 0. The van der Waals surface area contributed by atoms with Crippen LogP contribution in [-0.4, -0.2) is 0 Å². The second-order valence-electron chi connectivity index (χ2n) is 8.96. The third kappa shape index (κ3) is 4.44. The summed E-state index contributed by atoms with van der Waals surface area (Å²) in [7, 11) is 0. The van der Waals surface area contributed by atoms with Crippen LogP contribution in [0.5, 0.6) is 0 Å². The molecular formula is C27H39Ce. The summed E-state index contributed by atoms with van der Waals surface area (Å²) in [4.78, 5) is 0. The van der Waals surface area contributed by atoms with E-state index in [1.807, 2.05) is 0 Å². The van der Waals surface area contributed by atoms with Crippen LogP contribution in [0.15, 0.2) is 72.9 Å². The monoisotopic (exact) mass is 503 g/mol. The van der Waals surface area contributed by atoms with Gasteiger partial charge in [0, 0.05) is 0 Å². The van der Waals surface area contributed by atoms with E-state index in [9.17, 15) is 0 Å². The van der Waals surface area contributed by atoms with Gasteiger partial charge in [0.1, 0.15) is 0 Å². The molecule has 3 rings (SSSR count). The Morgan fingerprint density at radius 2 is 0.714 bits per heavy atom. The van der Waals surface area contributed by atoms with Gasteiger partial charge in [-0.05, 0) is 0 Å². The van der Waals surface area contributed by atoms with Crippen molar-refractivity contribution in [3.05, 3.63) is 72.9 Å². The molecule has 0 atom stereocenters. The van der Waals surface area contributed by atoms with Gasteiger partial charge in [0.2, 0.25) is 0 Å². The summed E-state index contributed by atoms with van der Waals surface area (Å²) in [6, 6.07) is 0. The van der Waals surface area contributed by atoms with Crippen molar-refractivity contribution in [3.8, 4) is 0 Å². The van der Waals surface area contributed by atoms with Crippen LogP contribution in [0.2, 0.25) is 2.80 Å². The minimum absolute atomic E-state index is 0.361. The summed E-state index contributed by atoms with van der Waals surface area (Å²) in [6.07, 6.45) is 42.0. The summed E-state index contributed by atoms with van der Waals surface area (Å²) in [5.74, 6) is 0. The van der Waals surface area contributed by atoms with E-state index in [0.29, 0.717) is 2.80 Å². The molecule has 0 aromatic rings. The molecule has 3 aliphatic rings. The third-order valence-electron chi connectivity index (χ3n) is 6.92. The third-order valence-corrected chi connectivity index (χ3v) is 21.2. The van der Waals surface area contributed by atoms with Crippen molar-refractivity contribution in [1.29, 1.82) is 0 Å². The first-order chi connectivity index (χ1) is 13.7. The maximum atomic E-state index is 2.64. The molecule has 0 unspecified atom stereocenters. The van der Waals surface area contributed by atoms with Crippen LogP contribution in [-0.2, 0) is 0 Å². The topological polar surface area (TPSA) is 0 Å². The van der Waals surface area contributed by atoms with Crippen LogP contribution in [0, 0.1) is 35.5 Å². The molecule has 1 heteroatoms. The van der Waals surface area contributed by atoms with Crippen molar-refractivity contribution in [2.24, 2.45) is 0 Å². The van der Waals surface area contributed by atoms with E-state index in [1.165, 1.54) is 57.8 Å². The molecule has 0 amide bonds. The van der Waals surface area contributed by atoms with Crippen molar-refractivity contribution in [3.63, 3.8) is 0 Å². The van der Waals surface area contributed by atoms with Gasteiger partial charge in [-0.3, -0.25) is 0 Å². The molecule has 0 nitrogen and oxygen atoms in total. The molecule has 0 bridgehead atoms. The van der Waals surface area contributed by atoms with E-state index in [1.54, 1.807) is 0 Å². The molecule has 0 aromatic carbocycles. The van der Waals surface area contributed by atoms with Crippen LogP contribution in [0.3, 0.4) is 0 Å². The van der Waals surface area contributed by atoms with Crippen LogP contribution in [0.1, 0.15) is 78.6 Å². The molecule has 0 saturated carbocycles. The number of unbranched alkanes of at least 4 members (excludes halogenated alkanes) is 3. The Kier molecular flexibility index (Phi) is 8.21. The van der Waals surface area contributed by atoms with Gasteiger partial charge in [-0.2, -0.15) is 0 Å². The zero-order valence-electron chi connectivity index (χ0n) is 18.3. The Morgan fingerprint density at radius 3 is 0.929 bits per heavy atom. The summed E-state index contributed by atoms with van der Waals surface area (Å²) in [5.41, 5.74) is 0. The van der Waals surface area contributed by atoms with Crippen LogP contribution in [0.4, 0.5) is 0 Å². The normalized spacial score (nSPS) is 22.0. The Hall–Kier alpha value is -0.183. The summed E-state index contributed by atoms with van der Waals surface area (Å²) in [6.45, 7) is 7.06. The Morgan fingerprint density at radius 1 is 0.464 bits per heavy atom. The van der Waals surface area contributed by atoms with E-state index >= 15 is 0 Å². The molecule has 151 valence electrons. The molecule has 0 saturated heterocycles. The van der Waals surface area contributed by atoms with Crippen molar-refractivity contribution < 1.29 is 35.5 Å². The SMILES string of the molecule is CCCC[C]1([Ce]([C]2(CCCC)C=CC=C2)[C]2(CCCC)C=CC=C2)C=CC=C1. The van der Waals surface area contributed by atoms with Crippen molar-refractivity contribution in [1.82, 2.24) is 0 Å². The zero-order valence-corrected chi connectivity index (χ0v) is 21.4. The van der Waals surface area contributed by atoms with Gasteiger partial charge < -0.3 is 0 Å². The summed E-state index contributed by atoms with van der Waals surface area (Å²) in [5, 5.41) is 0. The second kappa shape index (κ2) is 10.2. The predicted molar refractivity (Wildman–Crippen MR) is 121 cm³/mol. The average Bonchev–Trinajstić information content (AvgIpc) is 3.47. The Bertz CT molecular complexity index is 554. The van der Waals surface area contributed by atoms with E-state index in [-0.39, 0.29) is 0 Å². The first-order valence-corrected chi connectivity index (χ1v) is 16.4. The van der Waals surface area contributed by atoms with Gasteiger partial charge in [0.25, 0.3) is 0 Å². The fourth-order valence-electron chi connectivity index (χ4n) is 5.61. The van der Waals surface area contributed by atoms with Gasteiger partial charge in [-0.1, -0.05) is 0 Å². The van der Waals surface area contributed by atoms with Gasteiger partial charge >= 0.3 is 190 Å². The average molecular weight is 504 g/mol. The Balaban J connectivity index is 2.13. The first-order valence-electron chi connectivity index (χ1n) is 11.7. The fourth-order valence-corrected chi connectivity index (χ4v) is 22.7. The quantitative estimate of drug-likeness (QED) is 0.249. The number of rotatable bonds is 12. The first kappa shape index (κ1) is 22.5. The molecule has 0 radical (unpaired) electrons. The van der Waals surface area contributed by atoms with Crippen LogP contribution >= 0.6 is 0 Å². The molecule has 0 aromatic heterocycles. The van der Waals surface area contributed by atoms with Crippen LogP contribution < -0.4 is 0 Å². The zero-order chi connectivity index (χ0) is 19.9. The maximum absolute atomic E-state index is 2.64. The van der Waals surface area contributed by atoms with Gasteiger partial charge in [0.05, 0.1) is 0 Å². The van der Waals surface area contributed by atoms with Crippen LogP contribution in [0.25, 0.3) is 0 Å². The molecule has 3 aliphatic carbocycles. The minimum atomic E-state index is -2.46. The van der Waals surface area contributed by atoms with E-state index < -0.39 is 35.5 Å². The summed E-state index contributed by atoms with van der Waals surface area (Å²) < 4.78 is 1.08. The second-order valence-corrected chi connectivity index (χ2v) is 20.1. The van der Waals surface area contributed by atoms with E-state index in [2.05, 4.69) is 93.7 Å². The Labute approximate surface area is 188 Å². The van der Waals surface area contributed by atoms with Crippen molar-refractivity contribution in [2.75, 3.05) is 0 Å². The molecule has 0 spiro atoms. The molecule has 0 aliphatic heterocycles. The van der Waals surface area contributed by atoms with Crippen molar-refractivity contribution >= 4 is 0 Å². The molecular weight excluding hydrogens is 464 g/mol.